The molecule has 32 heavy (non-hydrogen) atoms. The first-order valence-corrected chi connectivity index (χ1v) is 10.7. The third kappa shape index (κ3) is 5.03. The van der Waals surface area contributed by atoms with Crippen LogP contribution in [0.3, 0.4) is 0 Å². The molecule has 162 valence electrons. The summed E-state index contributed by atoms with van der Waals surface area (Å²) >= 11 is 0. The van der Waals surface area contributed by atoms with Gasteiger partial charge in [0, 0.05) is 36.6 Å². The molecule has 6 heteroatoms. The standard InChI is InChI=1S/C26H26N4O2/c27-22-12-6-10-20(17-22)25(31)29-23(16-19-8-2-1-3-9-19)26(32)30-15-5-4-13-24(30)21-11-7-14-28-18-21/h1-12,14,17-18,23-24H,13,15-16,27H2,(H,29,31). The van der Waals surface area contributed by atoms with Crippen LogP contribution in [0, 0.1) is 0 Å². The number of nitrogens with one attached hydrogen (secondary N) is 1. The third-order valence-electron chi connectivity index (χ3n) is 5.59. The Kier molecular flexibility index (Phi) is 6.60. The molecule has 0 spiro atoms. The minimum absolute atomic E-state index is 0.121. The second kappa shape index (κ2) is 9.92. The smallest absolute Gasteiger partial charge is 0.252 e. The van der Waals surface area contributed by atoms with E-state index in [4.69, 9.17) is 5.73 Å². The van der Waals surface area contributed by atoms with Crippen molar-refractivity contribution in [1.29, 1.82) is 0 Å². The second-order valence-corrected chi connectivity index (χ2v) is 7.84. The number of carbonyl (C=O) groups excluding carboxylic acids is 2. The quantitative estimate of drug-likeness (QED) is 0.466. The van der Waals surface area contributed by atoms with E-state index in [1.165, 1.54) is 0 Å². The molecule has 0 saturated carbocycles. The van der Waals surface area contributed by atoms with Gasteiger partial charge >= 0.3 is 0 Å². The first kappa shape index (κ1) is 21.3. The lowest BCUT2D eigenvalue weighted by molar-refractivity contribution is -0.135. The van der Waals surface area contributed by atoms with Gasteiger partial charge in [-0.2, -0.15) is 0 Å². The lowest BCUT2D eigenvalue weighted by Crippen LogP contribution is -2.51. The van der Waals surface area contributed by atoms with Crippen LogP contribution in [-0.4, -0.2) is 34.3 Å². The van der Waals surface area contributed by atoms with E-state index in [0.29, 0.717) is 30.6 Å². The van der Waals surface area contributed by atoms with Gasteiger partial charge in [-0.3, -0.25) is 14.6 Å². The predicted octanol–water partition coefficient (Wildman–Crippen LogP) is 3.53. The third-order valence-corrected chi connectivity index (χ3v) is 5.59. The van der Waals surface area contributed by atoms with Crippen LogP contribution < -0.4 is 11.1 Å². The van der Waals surface area contributed by atoms with Crippen LogP contribution in [0.4, 0.5) is 5.69 Å². The molecule has 1 aliphatic heterocycles. The summed E-state index contributed by atoms with van der Waals surface area (Å²) in [7, 11) is 0. The molecule has 0 bridgehead atoms. The van der Waals surface area contributed by atoms with Crippen LogP contribution in [0.5, 0.6) is 0 Å². The zero-order chi connectivity index (χ0) is 22.3. The summed E-state index contributed by atoms with van der Waals surface area (Å²) in [5.74, 6) is -0.443. The van der Waals surface area contributed by atoms with Crippen LogP contribution in [0.2, 0.25) is 0 Å². The van der Waals surface area contributed by atoms with Crippen molar-refractivity contribution < 1.29 is 9.59 Å². The number of pyridine rings is 1. The van der Waals surface area contributed by atoms with E-state index >= 15 is 0 Å². The molecule has 2 amide bonds. The molecule has 4 rings (SSSR count). The Labute approximate surface area is 187 Å². The molecular weight excluding hydrogens is 400 g/mol. The fourth-order valence-electron chi connectivity index (χ4n) is 3.97. The van der Waals surface area contributed by atoms with E-state index in [0.717, 1.165) is 11.1 Å². The number of hydrogen-bond acceptors (Lipinski definition) is 4. The number of nitrogens with zero attached hydrogens (tertiary/aromatic N) is 2. The molecule has 6 nitrogen and oxygen atoms in total. The monoisotopic (exact) mass is 426 g/mol. The Morgan fingerprint density at radius 1 is 1.06 bits per heavy atom. The van der Waals surface area contributed by atoms with Gasteiger partial charge in [0.25, 0.3) is 5.91 Å². The fraction of sp³-hybridized carbons (Fsp3) is 0.192. The lowest BCUT2D eigenvalue weighted by atomic mass is 9.97. The van der Waals surface area contributed by atoms with Gasteiger partial charge in [0.15, 0.2) is 0 Å². The van der Waals surface area contributed by atoms with Crippen molar-refractivity contribution >= 4 is 17.5 Å². The van der Waals surface area contributed by atoms with E-state index < -0.39 is 6.04 Å². The highest BCUT2D eigenvalue weighted by atomic mass is 16.2. The van der Waals surface area contributed by atoms with Crippen LogP contribution in [0.25, 0.3) is 0 Å². The van der Waals surface area contributed by atoms with Gasteiger partial charge in [0.2, 0.25) is 5.91 Å². The normalized spacial score (nSPS) is 16.4. The van der Waals surface area contributed by atoms with Crippen LogP contribution >= 0.6 is 0 Å². The number of benzene rings is 2. The molecule has 0 radical (unpaired) electrons. The Hall–Kier alpha value is -3.93. The fourth-order valence-corrected chi connectivity index (χ4v) is 3.97. The van der Waals surface area contributed by atoms with Crippen molar-refractivity contribution in [2.45, 2.75) is 24.9 Å². The molecule has 3 aromatic rings. The van der Waals surface area contributed by atoms with Crippen LogP contribution in [0.15, 0.2) is 91.3 Å². The molecule has 0 fully saturated rings. The van der Waals surface area contributed by atoms with E-state index in [2.05, 4.69) is 16.4 Å². The topological polar surface area (TPSA) is 88.3 Å². The highest BCUT2D eigenvalue weighted by Gasteiger charge is 2.32. The van der Waals surface area contributed by atoms with Crippen molar-refractivity contribution in [3.63, 3.8) is 0 Å². The number of nitrogens with two attached hydrogens (primary N) is 1. The van der Waals surface area contributed by atoms with Gasteiger partial charge < -0.3 is 16.0 Å². The molecule has 2 atom stereocenters. The Morgan fingerprint density at radius 2 is 1.91 bits per heavy atom. The Morgan fingerprint density at radius 3 is 2.66 bits per heavy atom. The number of nitrogen functional groups attached to an aromatic ring is 1. The largest absolute Gasteiger partial charge is 0.399 e. The highest BCUT2D eigenvalue weighted by Crippen LogP contribution is 2.28. The van der Waals surface area contributed by atoms with Crippen molar-refractivity contribution in [2.24, 2.45) is 0 Å². The maximum atomic E-state index is 13.8. The number of amides is 2. The molecule has 2 heterocycles. The summed E-state index contributed by atoms with van der Waals surface area (Å²) in [4.78, 5) is 32.8. The minimum Gasteiger partial charge on any atom is -0.399 e. The molecule has 3 N–H and O–H groups in total. The van der Waals surface area contributed by atoms with Crippen molar-refractivity contribution in [3.8, 4) is 0 Å². The molecule has 2 aromatic carbocycles. The zero-order valence-electron chi connectivity index (χ0n) is 17.7. The average Bonchev–Trinajstić information content (AvgIpc) is 2.84. The summed E-state index contributed by atoms with van der Waals surface area (Å²) in [5.41, 5.74) is 8.73. The predicted molar refractivity (Wildman–Crippen MR) is 125 cm³/mol. The van der Waals surface area contributed by atoms with Gasteiger partial charge in [-0.15, -0.1) is 0 Å². The number of aromatic nitrogens is 1. The van der Waals surface area contributed by atoms with Gasteiger partial charge in [-0.1, -0.05) is 54.6 Å². The van der Waals surface area contributed by atoms with Crippen LogP contribution in [0.1, 0.15) is 33.9 Å². The van der Waals surface area contributed by atoms with Gasteiger partial charge in [0.05, 0.1) is 6.04 Å². The van der Waals surface area contributed by atoms with Gasteiger partial charge in [-0.25, -0.2) is 0 Å². The summed E-state index contributed by atoms with van der Waals surface area (Å²) in [6.45, 7) is 0.484. The van der Waals surface area contributed by atoms with E-state index in [1.807, 2.05) is 53.4 Å². The summed E-state index contributed by atoms with van der Waals surface area (Å²) in [5, 5.41) is 2.95. The van der Waals surface area contributed by atoms with E-state index in [-0.39, 0.29) is 17.9 Å². The Bertz CT molecular complexity index is 1100. The molecule has 1 aromatic heterocycles. The van der Waals surface area contributed by atoms with Crippen molar-refractivity contribution in [2.75, 3.05) is 12.3 Å². The molecular formula is C26H26N4O2. The summed E-state index contributed by atoms with van der Waals surface area (Å²) in [6.07, 6.45) is 8.69. The average molecular weight is 427 g/mol. The molecule has 0 aliphatic carbocycles. The number of carbonyl (C=O) groups is 2. The zero-order valence-corrected chi connectivity index (χ0v) is 17.7. The highest BCUT2D eigenvalue weighted by molar-refractivity contribution is 5.98. The molecule has 1 aliphatic rings. The maximum absolute atomic E-state index is 13.8. The SMILES string of the molecule is Nc1cccc(C(=O)NC(Cc2ccccc2)C(=O)N2CC=CCC2c2cccnc2)c1. The number of anilines is 1. The first-order valence-electron chi connectivity index (χ1n) is 10.7. The Balaban J connectivity index is 1.61. The first-order chi connectivity index (χ1) is 15.6. The van der Waals surface area contributed by atoms with Gasteiger partial charge in [-0.05, 0) is 41.8 Å². The summed E-state index contributed by atoms with van der Waals surface area (Å²) < 4.78 is 0. The van der Waals surface area contributed by atoms with Crippen molar-refractivity contribution in [3.05, 3.63) is 108 Å². The van der Waals surface area contributed by atoms with E-state index in [1.54, 1.807) is 36.7 Å². The second-order valence-electron chi connectivity index (χ2n) is 7.84. The summed E-state index contributed by atoms with van der Waals surface area (Å²) in [6, 6.07) is 19.5. The minimum atomic E-state index is -0.711. The lowest BCUT2D eigenvalue weighted by Gasteiger charge is -2.36. The van der Waals surface area contributed by atoms with Crippen molar-refractivity contribution in [1.82, 2.24) is 15.2 Å². The van der Waals surface area contributed by atoms with E-state index in [9.17, 15) is 9.59 Å². The van der Waals surface area contributed by atoms with Gasteiger partial charge in [0.1, 0.15) is 6.04 Å². The molecule has 0 saturated heterocycles. The van der Waals surface area contributed by atoms with Crippen LogP contribution in [-0.2, 0) is 11.2 Å². The number of rotatable bonds is 6. The maximum Gasteiger partial charge on any atom is 0.252 e. The molecule has 2 unspecified atom stereocenters. The number of hydrogen-bond donors (Lipinski definition) is 2.